The highest BCUT2D eigenvalue weighted by Crippen LogP contribution is 2.04. The van der Waals surface area contributed by atoms with Crippen molar-refractivity contribution in [3.8, 4) is 0 Å². The van der Waals surface area contributed by atoms with E-state index in [4.69, 9.17) is 14.5 Å². The maximum absolute atomic E-state index is 8.57. The van der Waals surface area contributed by atoms with Gasteiger partial charge in [0, 0.05) is 7.11 Å². The molecule has 0 aromatic carbocycles. The highest BCUT2D eigenvalue weighted by atomic mass is 16.5. The Morgan fingerprint density at radius 1 is 1.69 bits per heavy atom. The van der Waals surface area contributed by atoms with Gasteiger partial charge < -0.3 is 14.5 Å². The van der Waals surface area contributed by atoms with Crippen LogP contribution in [-0.2, 0) is 9.47 Å². The standard InChI is InChI=1S/C9H16BO3/c1-7(10-11)5-8(2)13-9(3)6-12-4/h5,9,11H,1,6H2,2-4H3. The summed E-state index contributed by atoms with van der Waals surface area (Å²) in [6.45, 7) is 7.83. The minimum absolute atomic E-state index is 0.00717. The molecule has 0 aromatic rings. The number of hydrogen-bond acceptors (Lipinski definition) is 3. The third kappa shape index (κ3) is 6.43. The van der Waals surface area contributed by atoms with E-state index in [9.17, 15) is 0 Å². The van der Waals surface area contributed by atoms with Gasteiger partial charge >= 0.3 is 7.48 Å². The van der Waals surface area contributed by atoms with Gasteiger partial charge in [-0.25, -0.2) is 0 Å². The molecule has 1 radical (unpaired) electrons. The molecule has 0 fully saturated rings. The van der Waals surface area contributed by atoms with Crippen LogP contribution in [0.25, 0.3) is 0 Å². The van der Waals surface area contributed by atoms with E-state index >= 15 is 0 Å². The first kappa shape index (κ1) is 12.3. The van der Waals surface area contributed by atoms with E-state index in [-0.39, 0.29) is 6.10 Å². The molecule has 4 heteroatoms. The third-order valence-electron chi connectivity index (χ3n) is 1.34. The maximum Gasteiger partial charge on any atom is 0.326 e. The summed E-state index contributed by atoms with van der Waals surface area (Å²) in [6, 6.07) is 0. The zero-order valence-corrected chi connectivity index (χ0v) is 8.41. The van der Waals surface area contributed by atoms with Crippen molar-refractivity contribution in [1.29, 1.82) is 0 Å². The zero-order chi connectivity index (χ0) is 10.3. The molecule has 0 aliphatic carbocycles. The molecule has 0 amide bonds. The average molecular weight is 183 g/mol. The number of ether oxygens (including phenoxy) is 2. The average Bonchev–Trinajstić information content (AvgIpc) is 2.04. The van der Waals surface area contributed by atoms with Gasteiger partial charge in [0.15, 0.2) is 0 Å². The van der Waals surface area contributed by atoms with Crippen LogP contribution >= 0.6 is 0 Å². The van der Waals surface area contributed by atoms with Crippen molar-refractivity contribution < 1.29 is 14.5 Å². The summed E-state index contributed by atoms with van der Waals surface area (Å²) in [5.41, 5.74) is 0.516. The minimum atomic E-state index is 0.00717. The van der Waals surface area contributed by atoms with E-state index in [0.29, 0.717) is 17.8 Å². The SMILES string of the molecule is C=C([B]O)C=C(C)OC(C)COC. The van der Waals surface area contributed by atoms with Crippen molar-refractivity contribution in [2.75, 3.05) is 13.7 Å². The lowest BCUT2D eigenvalue weighted by Gasteiger charge is -2.13. The van der Waals surface area contributed by atoms with Crippen LogP contribution in [0.2, 0.25) is 0 Å². The van der Waals surface area contributed by atoms with Crippen LogP contribution in [0.4, 0.5) is 0 Å². The van der Waals surface area contributed by atoms with E-state index in [1.54, 1.807) is 20.1 Å². The molecule has 0 spiro atoms. The Balaban J connectivity index is 3.90. The summed E-state index contributed by atoms with van der Waals surface area (Å²) in [7, 11) is 2.56. The summed E-state index contributed by atoms with van der Waals surface area (Å²) in [5.74, 6) is 0.708. The number of methoxy groups -OCH3 is 1. The van der Waals surface area contributed by atoms with Crippen LogP contribution in [0.15, 0.2) is 23.9 Å². The Bertz CT molecular complexity index is 189. The summed E-state index contributed by atoms with van der Waals surface area (Å²) in [4.78, 5) is 0. The fourth-order valence-corrected chi connectivity index (χ4v) is 0.918. The first-order valence-electron chi connectivity index (χ1n) is 4.10. The van der Waals surface area contributed by atoms with E-state index in [0.717, 1.165) is 7.48 Å². The summed E-state index contributed by atoms with van der Waals surface area (Å²) in [5, 5.41) is 8.57. The smallest absolute Gasteiger partial charge is 0.326 e. The fraction of sp³-hybridized carbons (Fsp3) is 0.556. The molecule has 0 aliphatic rings. The predicted octanol–water partition coefficient (Wildman–Crippen LogP) is 1.07. The second kappa shape index (κ2) is 6.75. The van der Waals surface area contributed by atoms with Gasteiger partial charge in [-0.3, -0.25) is 0 Å². The second-order valence-corrected chi connectivity index (χ2v) is 2.84. The summed E-state index contributed by atoms with van der Waals surface area (Å²) >= 11 is 0. The largest absolute Gasteiger partial charge is 0.493 e. The first-order valence-corrected chi connectivity index (χ1v) is 4.10. The molecular formula is C9H16BO3. The van der Waals surface area contributed by atoms with Crippen molar-refractivity contribution >= 4 is 7.48 Å². The number of hydrogen-bond donors (Lipinski definition) is 1. The topological polar surface area (TPSA) is 38.7 Å². The predicted molar refractivity (Wildman–Crippen MR) is 53.3 cm³/mol. The second-order valence-electron chi connectivity index (χ2n) is 2.84. The molecule has 1 atom stereocenters. The molecule has 0 bridgehead atoms. The van der Waals surface area contributed by atoms with Gasteiger partial charge in [-0.1, -0.05) is 5.47 Å². The van der Waals surface area contributed by atoms with Crippen molar-refractivity contribution in [2.24, 2.45) is 0 Å². The Morgan fingerprint density at radius 3 is 2.77 bits per heavy atom. The molecule has 1 N–H and O–H groups in total. The monoisotopic (exact) mass is 183 g/mol. The number of rotatable bonds is 6. The highest BCUT2D eigenvalue weighted by molar-refractivity contribution is 6.37. The van der Waals surface area contributed by atoms with Crippen LogP contribution in [0.5, 0.6) is 0 Å². The van der Waals surface area contributed by atoms with Crippen LogP contribution in [0, 0.1) is 0 Å². The molecule has 73 valence electrons. The molecule has 0 saturated carbocycles. The van der Waals surface area contributed by atoms with Gasteiger partial charge in [0.25, 0.3) is 0 Å². The Morgan fingerprint density at radius 2 is 2.31 bits per heavy atom. The summed E-state index contributed by atoms with van der Waals surface area (Å²) < 4.78 is 10.3. The molecule has 0 rings (SSSR count). The minimum Gasteiger partial charge on any atom is -0.493 e. The van der Waals surface area contributed by atoms with Gasteiger partial charge in [-0.15, -0.1) is 6.58 Å². The fourth-order valence-electron chi connectivity index (χ4n) is 0.918. The quantitative estimate of drug-likeness (QED) is 0.380. The van der Waals surface area contributed by atoms with Gasteiger partial charge in [-0.05, 0) is 19.9 Å². The highest BCUT2D eigenvalue weighted by Gasteiger charge is 2.02. The van der Waals surface area contributed by atoms with Crippen LogP contribution in [0.3, 0.4) is 0 Å². The lowest BCUT2D eigenvalue weighted by Crippen LogP contribution is -2.13. The summed E-state index contributed by atoms with van der Waals surface area (Å²) in [6.07, 6.45) is 1.67. The van der Waals surface area contributed by atoms with E-state index in [1.165, 1.54) is 0 Å². The van der Waals surface area contributed by atoms with Crippen molar-refractivity contribution in [2.45, 2.75) is 20.0 Å². The molecule has 3 nitrogen and oxygen atoms in total. The molecule has 0 heterocycles. The normalized spacial score (nSPS) is 13.7. The zero-order valence-electron chi connectivity index (χ0n) is 8.41. The Hall–Kier alpha value is -0.735. The van der Waals surface area contributed by atoms with Crippen LogP contribution in [0.1, 0.15) is 13.8 Å². The van der Waals surface area contributed by atoms with E-state index in [1.807, 2.05) is 6.92 Å². The lowest BCUT2D eigenvalue weighted by molar-refractivity contribution is 0.0491. The van der Waals surface area contributed by atoms with Gasteiger partial charge in [0.1, 0.15) is 6.10 Å². The van der Waals surface area contributed by atoms with E-state index < -0.39 is 0 Å². The van der Waals surface area contributed by atoms with Crippen molar-refractivity contribution in [1.82, 2.24) is 0 Å². The molecule has 0 saturated heterocycles. The lowest BCUT2D eigenvalue weighted by atomic mass is 9.89. The van der Waals surface area contributed by atoms with Crippen LogP contribution < -0.4 is 0 Å². The maximum atomic E-state index is 8.57. The molecular weight excluding hydrogens is 167 g/mol. The molecule has 0 aliphatic heterocycles. The van der Waals surface area contributed by atoms with Gasteiger partial charge in [-0.2, -0.15) is 0 Å². The van der Waals surface area contributed by atoms with Crippen molar-refractivity contribution in [3.63, 3.8) is 0 Å². The molecule has 1 unspecified atom stereocenters. The Kier molecular flexibility index (Phi) is 6.36. The van der Waals surface area contributed by atoms with E-state index in [2.05, 4.69) is 6.58 Å². The van der Waals surface area contributed by atoms with Gasteiger partial charge in [0.2, 0.25) is 0 Å². The first-order chi connectivity index (χ1) is 6.10. The molecule has 13 heavy (non-hydrogen) atoms. The van der Waals surface area contributed by atoms with Crippen LogP contribution in [-0.4, -0.2) is 32.3 Å². The number of allylic oxidation sites excluding steroid dienone is 3. The Labute approximate surface area is 80.3 Å². The van der Waals surface area contributed by atoms with Crippen molar-refractivity contribution in [3.05, 3.63) is 23.9 Å². The molecule has 0 aromatic heterocycles. The van der Waals surface area contributed by atoms with Gasteiger partial charge in [0.05, 0.1) is 12.4 Å². The third-order valence-corrected chi connectivity index (χ3v) is 1.34.